The maximum absolute atomic E-state index is 12.0. The molecule has 1 amide bonds. The van der Waals surface area contributed by atoms with E-state index in [2.05, 4.69) is 10.2 Å². The van der Waals surface area contributed by atoms with E-state index in [-0.39, 0.29) is 5.91 Å². The number of para-hydroxylation sites is 1. The van der Waals surface area contributed by atoms with Crippen LogP contribution in [0.3, 0.4) is 0 Å². The summed E-state index contributed by atoms with van der Waals surface area (Å²) in [7, 11) is 4.02. The molecule has 1 aromatic carbocycles. The summed E-state index contributed by atoms with van der Waals surface area (Å²) in [6, 6.07) is 11.6. The second-order valence-corrected chi connectivity index (χ2v) is 5.27. The Morgan fingerprint density at radius 3 is 2.67 bits per heavy atom. The first-order valence-electron chi connectivity index (χ1n) is 5.74. The summed E-state index contributed by atoms with van der Waals surface area (Å²) in [6.45, 7) is 0.806. The lowest BCUT2D eigenvalue weighted by Gasteiger charge is -2.14. The Labute approximate surface area is 111 Å². The van der Waals surface area contributed by atoms with Crippen molar-refractivity contribution >= 4 is 22.9 Å². The first kappa shape index (κ1) is 12.8. The predicted octanol–water partition coefficient (Wildman–Crippen LogP) is 3.06. The lowest BCUT2D eigenvalue weighted by Crippen LogP contribution is -2.15. The summed E-state index contributed by atoms with van der Waals surface area (Å²) in [6.07, 6.45) is 0. The zero-order valence-corrected chi connectivity index (χ0v) is 11.3. The first-order chi connectivity index (χ1) is 8.66. The number of thiophene rings is 1. The smallest absolute Gasteiger partial charge is 0.265 e. The van der Waals surface area contributed by atoms with Gasteiger partial charge in [-0.3, -0.25) is 4.79 Å². The Morgan fingerprint density at radius 1 is 1.22 bits per heavy atom. The highest BCUT2D eigenvalue weighted by Crippen LogP contribution is 2.18. The highest BCUT2D eigenvalue weighted by Gasteiger charge is 2.09. The largest absolute Gasteiger partial charge is 0.321 e. The molecule has 0 saturated carbocycles. The molecule has 0 aliphatic heterocycles. The molecule has 0 aliphatic rings. The fourth-order valence-corrected chi connectivity index (χ4v) is 2.33. The predicted molar refractivity (Wildman–Crippen MR) is 76.1 cm³/mol. The summed E-state index contributed by atoms with van der Waals surface area (Å²) in [4.78, 5) is 14.8. The molecule has 3 nitrogen and oxygen atoms in total. The van der Waals surface area contributed by atoms with E-state index in [9.17, 15) is 4.79 Å². The second kappa shape index (κ2) is 5.80. The van der Waals surface area contributed by atoms with Crippen molar-refractivity contribution < 1.29 is 4.79 Å². The van der Waals surface area contributed by atoms with Gasteiger partial charge in [-0.25, -0.2) is 0 Å². The van der Waals surface area contributed by atoms with Crippen molar-refractivity contribution in [3.63, 3.8) is 0 Å². The van der Waals surface area contributed by atoms with Gasteiger partial charge in [0.25, 0.3) is 5.91 Å². The molecule has 0 unspecified atom stereocenters. The van der Waals surface area contributed by atoms with Crippen LogP contribution in [-0.4, -0.2) is 24.9 Å². The molecule has 2 rings (SSSR count). The van der Waals surface area contributed by atoms with Crippen LogP contribution in [0.5, 0.6) is 0 Å². The summed E-state index contributed by atoms with van der Waals surface area (Å²) in [5.41, 5.74) is 2.00. The molecule has 1 N–H and O–H groups in total. The van der Waals surface area contributed by atoms with E-state index in [1.807, 2.05) is 55.9 Å². The molecule has 94 valence electrons. The van der Waals surface area contributed by atoms with Crippen molar-refractivity contribution in [1.82, 2.24) is 4.90 Å². The summed E-state index contributed by atoms with van der Waals surface area (Å²) >= 11 is 1.45. The minimum absolute atomic E-state index is 0.0452. The molecule has 0 saturated heterocycles. The number of nitrogens with one attached hydrogen (secondary N) is 1. The molecule has 0 bridgehead atoms. The van der Waals surface area contributed by atoms with Crippen LogP contribution in [0.25, 0.3) is 0 Å². The van der Waals surface area contributed by atoms with Gasteiger partial charge in [0.2, 0.25) is 0 Å². The average molecular weight is 260 g/mol. The summed E-state index contributed by atoms with van der Waals surface area (Å²) in [5.74, 6) is -0.0452. The second-order valence-electron chi connectivity index (χ2n) is 4.33. The number of hydrogen-bond donors (Lipinski definition) is 1. The number of carbonyl (C=O) groups is 1. The number of carbonyl (C=O) groups excluding carboxylic acids is 1. The van der Waals surface area contributed by atoms with Gasteiger partial charge in [-0.15, -0.1) is 11.3 Å². The minimum Gasteiger partial charge on any atom is -0.321 e. The number of hydrogen-bond acceptors (Lipinski definition) is 3. The van der Waals surface area contributed by atoms with Crippen LogP contribution in [-0.2, 0) is 6.54 Å². The molecule has 0 spiro atoms. The van der Waals surface area contributed by atoms with Crippen LogP contribution in [0, 0.1) is 0 Å². The van der Waals surface area contributed by atoms with E-state index in [4.69, 9.17) is 0 Å². The number of benzene rings is 1. The monoisotopic (exact) mass is 260 g/mol. The van der Waals surface area contributed by atoms with Gasteiger partial charge in [0.1, 0.15) is 0 Å². The molecule has 0 atom stereocenters. The normalized spacial score (nSPS) is 10.6. The lowest BCUT2D eigenvalue weighted by atomic mass is 10.1. The zero-order valence-electron chi connectivity index (χ0n) is 10.5. The zero-order chi connectivity index (χ0) is 13.0. The van der Waals surface area contributed by atoms with E-state index >= 15 is 0 Å². The minimum atomic E-state index is -0.0452. The molecule has 2 aromatic rings. The Morgan fingerprint density at radius 2 is 2.00 bits per heavy atom. The quantitative estimate of drug-likeness (QED) is 0.916. The highest BCUT2D eigenvalue weighted by molar-refractivity contribution is 7.12. The van der Waals surface area contributed by atoms with Gasteiger partial charge >= 0.3 is 0 Å². The van der Waals surface area contributed by atoms with Gasteiger partial charge in [0.05, 0.1) is 4.88 Å². The SMILES string of the molecule is CN(C)Cc1ccccc1NC(=O)c1cccs1. The van der Waals surface area contributed by atoms with Gasteiger partial charge in [-0.2, -0.15) is 0 Å². The maximum Gasteiger partial charge on any atom is 0.265 e. The van der Waals surface area contributed by atoms with E-state index in [1.165, 1.54) is 11.3 Å². The number of rotatable bonds is 4. The molecule has 0 radical (unpaired) electrons. The Bertz CT molecular complexity index is 520. The molecular weight excluding hydrogens is 244 g/mol. The Kier molecular flexibility index (Phi) is 4.12. The van der Waals surface area contributed by atoms with Crippen molar-refractivity contribution in [1.29, 1.82) is 0 Å². The van der Waals surface area contributed by atoms with Crippen LogP contribution in [0.4, 0.5) is 5.69 Å². The van der Waals surface area contributed by atoms with E-state index in [0.29, 0.717) is 0 Å². The fraction of sp³-hybridized carbons (Fsp3) is 0.214. The van der Waals surface area contributed by atoms with Crippen molar-refractivity contribution in [2.24, 2.45) is 0 Å². The van der Waals surface area contributed by atoms with Gasteiger partial charge in [0.15, 0.2) is 0 Å². The third-order valence-corrected chi connectivity index (χ3v) is 3.37. The van der Waals surface area contributed by atoms with E-state index in [0.717, 1.165) is 22.7 Å². The van der Waals surface area contributed by atoms with Crippen LogP contribution >= 0.6 is 11.3 Å². The molecular formula is C14H16N2OS. The number of anilines is 1. The fourth-order valence-electron chi connectivity index (χ4n) is 1.71. The van der Waals surface area contributed by atoms with Gasteiger partial charge in [-0.05, 0) is 37.2 Å². The average Bonchev–Trinajstić information content (AvgIpc) is 2.84. The molecule has 0 aliphatic carbocycles. The number of nitrogens with zero attached hydrogens (tertiary/aromatic N) is 1. The van der Waals surface area contributed by atoms with Gasteiger partial charge < -0.3 is 10.2 Å². The van der Waals surface area contributed by atoms with Crippen LogP contribution in [0.15, 0.2) is 41.8 Å². The van der Waals surface area contributed by atoms with Crippen molar-refractivity contribution in [3.05, 3.63) is 52.2 Å². The lowest BCUT2D eigenvalue weighted by molar-refractivity contribution is 0.103. The van der Waals surface area contributed by atoms with E-state index in [1.54, 1.807) is 0 Å². The maximum atomic E-state index is 12.0. The van der Waals surface area contributed by atoms with Gasteiger partial charge in [0, 0.05) is 12.2 Å². The van der Waals surface area contributed by atoms with Crippen LogP contribution in [0.1, 0.15) is 15.2 Å². The van der Waals surface area contributed by atoms with Crippen molar-refractivity contribution in [3.8, 4) is 0 Å². The summed E-state index contributed by atoms with van der Waals surface area (Å²) < 4.78 is 0. The topological polar surface area (TPSA) is 32.3 Å². The molecule has 1 heterocycles. The van der Waals surface area contributed by atoms with Gasteiger partial charge in [-0.1, -0.05) is 24.3 Å². The van der Waals surface area contributed by atoms with E-state index < -0.39 is 0 Å². The van der Waals surface area contributed by atoms with Crippen molar-refractivity contribution in [2.75, 3.05) is 19.4 Å². The molecule has 0 fully saturated rings. The summed E-state index contributed by atoms with van der Waals surface area (Å²) in [5, 5.41) is 4.87. The third kappa shape index (κ3) is 3.18. The highest BCUT2D eigenvalue weighted by atomic mass is 32.1. The van der Waals surface area contributed by atoms with Crippen LogP contribution in [0.2, 0.25) is 0 Å². The molecule has 4 heteroatoms. The van der Waals surface area contributed by atoms with Crippen molar-refractivity contribution in [2.45, 2.75) is 6.54 Å². The Hall–Kier alpha value is -1.65. The number of amides is 1. The standard InChI is InChI=1S/C14H16N2OS/c1-16(2)10-11-6-3-4-7-12(11)15-14(17)13-8-5-9-18-13/h3-9H,10H2,1-2H3,(H,15,17). The third-order valence-electron chi connectivity index (χ3n) is 2.50. The first-order valence-corrected chi connectivity index (χ1v) is 6.62. The van der Waals surface area contributed by atoms with Crippen LogP contribution < -0.4 is 5.32 Å². The molecule has 1 aromatic heterocycles. The Balaban J connectivity index is 2.16. The molecule has 18 heavy (non-hydrogen) atoms.